The lowest BCUT2D eigenvalue weighted by molar-refractivity contribution is -0.118. The molecule has 32 heavy (non-hydrogen) atoms. The van der Waals surface area contributed by atoms with Crippen LogP contribution in [0.15, 0.2) is 53.4 Å². The van der Waals surface area contributed by atoms with E-state index in [1.807, 2.05) is 38.1 Å². The third kappa shape index (κ3) is 5.81. The number of rotatable bonds is 10. The van der Waals surface area contributed by atoms with Crippen molar-refractivity contribution >= 4 is 21.6 Å². The number of nitrogens with two attached hydrogens (primary N) is 1. The van der Waals surface area contributed by atoms with Crippen molar-refractivity contribution in [1.82, 2.24) is 4.90 Å². The van der Waals surface area contributed by atoms with Crippen LogP contribution in [0.3, 0.4) is 0 Å². The number of likely N-dealkylation sites (tertiary alicyclic amines) is 1. The summed E-state index contributed by atoms with van der Waals surface area (Å²) in [6, 6.07) is 14.0. The zero-order valence-corrected chi connectivity index (χ0v) is 19.7. The van der Waals surface area contributed by atoms with Gasteiger partial charge in [-0.2, -0.15) is 0 Å². The van der Waals surface area contributed by atoms with Gasteiger partial charge in [0, 0.05) is 25.6 Å². The fourth-order valence-electron chi connectivity index (χ4n) is 4.16. The molecular weight excluding hydrogens is 426 g/mol. The van der Waals surface area contributed by atoms with Crippen molar-refractivity contribution in [2.24, 2.45) is 5.73 Å². The van der Waals surface area contributed by atoms with E-state index in [9.17, 15) is 13.2 Å². The first-order chi connectivity index (χ1) is 15.3. The lowest BCUT2D eigenvalue weighted by atomic mass is 10.0. The van der Waals surface area contributed by atoms with E-state index in [0.29, 0.717) is 37.3 Å². The number of hydrogen-bond acceptors (Lipinski definition) is 5. The smallest absolute Gasteiger partial charge is 0.264 e. The summed E-state index contributed by atoms with van der Waals surface area (Å²) in [4.78, 5) is 13.6. The molecule has 1 heterocycles. The van der Waals surface area contributed by atoms with Crippen LogP contribution in [0, 0.1) is 6.92 Å². The number of carbonyl (C=O) groups is 1. The number of aryl methyl sites for hydroxylation is 1. The van der Waals surface area contributed by atoms with Crippen molar-refractivity contribution in [3.8, 4) is 5.75 Å². The van der Waals surface area contributed by atoms with E-state index >= 15 is 0 Å². The minimum atomic E-state index is -3.78. The van der Waals surface area contributed by atoms with Gasteiger partial charge in [-0.15, -0.1) is 0 Å². The van der Waals surface area contributed by atoms with Crippen molar-refractivity contribution in [3.63, 3.8) is 0 Å². The van der Waals surface area contributed by atoms with Gasteiger partial charge in [0.05, 0.1) is 17.2 Å². The number of nitrogens with zero attached hydrogens (tertiary/aromatic N) is 2. The average molecular weight is 460 g/mol. The maximum atomic E-state index is 13.8. The van der Waals surface area contributed by atoms with Crippen LogP contribution >= 0.6 is 0 Å². The van der Waals surface area contributed by atoms with Crippen LogP contribution in [0.1, 0.15) is 38.2 Å². The molecule has 1 aliphatic heterocycles. The largest absolute Gasteiger partial charge is 0.492 e. The molecule has 1 fully saturated rings. The van der Waals surface area contributed by atoms with Crippen molar-refractivity contribution in [2.45, 2.75) is 50.5 Å². The molecule has 1 saturated heterocycles. The summed E-state index contributed by atoms with van der Waals surface area (Å²) in [5, 5.41) is 0. The van der Waals surface area contributed by atoms with E-state index in [1.165, 1.54) is 0 Å². The first-order valence-electron chi connectivity index (χ1n) is 11.2. The molecule has 0 bridgehead atoms. The summed E-state index contributed by atoms with van der Waals surface area (Å²) < 4.78 is 35.0. The minimum Gasteiger partial charge on any atom is -0.492 e. The highest BCUT2D eigenvalue weighted by Crippen LogP contribution is 2.37. The van der Waals surface area contributed by atoms with Crippen molar-refractivity contribution in [1.29, 1.82) is 0 Å². The molecule has 1 amide bonds. The van der Waals surface area contributed by atoms with Gasteiger partial charge in [0.25, 0.3) is 10.0 Å². The predicted molar refractivity (Wildman–Crippen MR) is 126 cm³/mol. The second-order valence-corrected chi connectivity index (χ2v) is 9.98. The number of hydrogen-bond donors (Lipinski definition) is 1. The predicted octanol–water partition coefficient (Wildman–Crippen LogP) is 3.32. The molecule has 8 heteroatoms. The van der Waals surface area contributed by atoms with Gasteiger partial charge < -0.3 is 15.4 Å². The molecule has 0 radical (unpaired) electrons. The fourth-order valence-corrected chi connectivity index (χ4v) is 5.90. The highest BCUT2D eigenvalue weighted by Gasteiger charge is 2.35. The highest BCUT2D eigenvalue weighted by molar-refractivity contribution is 7.92. The number of primary amides is 1. The van der Waals surface area contributed by atoms with E-state index in [0.717, 1.165) is 31.6 Å². The number of benzene rings is 2. The number of amides is 1. The quantitative estimate of drug-likeness (QED) is 0.588. The SMILES string of the molecule is CCOc1cc(C)ccc1N(C1CCN(CCCC(N)=O)CC1)S(=O)(=O)c1ccccc1. The highest BCUT2D eigenvalue weighted by atomic mass is 32.2. The Labute approximate surface area is 191 Å². The molecule has 0 unspecified atom stereocenters. The summed E-state index contributed by atoms with van der Waals surface area (Å²) in [7, 11) is -3.78. The van der Waals surface area contributed by atoms with Gasteiger partial charge in [-0.05, 0) is 69.5 Å². The first kappa shape index (κ1) is 24.1. The molecule has 0 atom stereocenters. The van der Waals surface area contributed by atoms with E-state index in [2.05, 4.69) is 4.90 Å². The van der Waals surface area contributed by atoms with Crippen molar-refractivity contribution < 1.29 is 17.9 Å². The zero-order valence-electron chi connectivity index (χ0n) is 18.9. The van der Waals surface area contributed by atoms with Crippen LogP contribution in [0.4, 0.5) is 5.69 Å². The maximum absolute atomic E-state index is 13.8. The van der Waals surface area contributed by atoms with Crippen LogP contribution in [-0.4, -0.2) is 51.5 Å². The van der Waals surface area contributed by atoms with Crippen LogP contribution in [0.2, 0.25) is 0 Å². The maximum Gasteiger partial charge on any atom is 0.264 e. The third-order valence-corrected chi connectivity index (χ3v) is 7.62. The Hall–Kier alpha value is -2.58. The topological polar surface area (TPSA) is 92.9 Å². The molecule has 0 aromatic heterocycles. The second kappa shape index (κ2) is 10.8. The summed E-state index contributed by atoms with van der Waals surface area (Å²) in [5.41, 5.74) is 6.83. The Morgan fingerprint density at radius 3 is 2.47 bits per heavy atom. The fraction of sp³-hybridized carbons (Fsp3) is 0.458. The van der Waals surface area contributed by atoms with Gasteiger partial charge in [0.2, 0.25) is 5.91 Å². The minimum absolute atomic E-state index is 0.186. The summed E-state index contributed by atoms with van der Waals surface area (Å²) in [6.45, 7) is 6.63. The second-order valence-electron chi connectivity index (χ2n) is 8.16. The summed E-state index contributed by atoms with van der Waals surface area (Å²) in [6.07, 6.45) is 2.48. The zero-order chi connectivity index (χ0) is 23.1. The lowest BCUT2D eigenvalue weighted by Crippen LogP contribution is -2.48. The number of piperidine rings is 1. The van der Waals surface area contributed by atoms with Gasteiger partial charge in [-0.25, -0.2) is 8.42 Å². The standard InChI is InChI=1S/C24H33N3O4S/c1-3-31-23-18-19(2)11-12-22(23)27(32(29,30)21-8-5-4-6-9-21)20-13-16-26(17-14-20)15-7-10-24(25)28/h4-6,8-9,11-12,18,20H,3,7,10,13-17H2,1-2H3,(H2,25,28). The Morgan fingerprint density at radius 2 is 1.84 bits per heavy atom. The monoisotopic (exact) mass is 459 g/mol. The Bertz CT molecular complexity index is 1000. The molecule has 174 valence electrons. The summed E-state index contributed by atoms with van der Waals surface area (Å²) in [5.74, 6) is 0.290. The van der Waals surface area contributed by atoms with Crippen LogP contribution in [-0.2, 0) is 14.8 Å². The number of anilines is 1. The van der Waals surface area contributed by atoms with Gasteiger partial charge in [-0.1, -0.05) is 24.3 Å². The molecule has 2 N–H and O–H groups in total. The van der Waals surface area contributed by atoms with Gasteiger partial charge in [0.15, 0.2) is 0 Å². The molecular formula is C24H33N3O4S. The van der Waals surface area contributed by atoms with Gasteiger partial charge in [-0.3, -0.25) is 9.10 Å². The number of sulfonamides is 1. The van der Waals surface area contributed by atoms with Crippen molar-refractivity contribution in [2.75, 3.05) is 30.5 Å². The Balaban J connectivity index is 1.91. The average Bonchev–Trinajstić information content (AvgIpc) is 2.77. The molecule has 0 aliphatic carbocycles. The van der Waals surface area contributed by atoms with Gasteiger partial charge >= 0.3 is 0 Å². The van der Waals surface area contributed by atoms with Gasteiger partial charge in [0.1, 0.15) is 5.75 Å². The Morgan fingerprint density at radius 1 is 1.16 bits per heavy atom. The molecule has 7 nitrogen and oxygen atoms in total. The normalized spacial score (nSPS) is 15.4. The molecule has 0 saturated carbocycles. The Kier molecular flexibility index (Phi) is 8.15. The molecule has 2 aromatic rings. The van der Waals surface area contributed by atoms with Crippen LogP contribution < -0.4 is 14.8 Å². The molecule has 1 aliphatic rings. The summed E-state index contributed by atoms with van der Waals surface area (Å²) >= 11 is 0. The third-order valence-electron chi connectivity index (χ3n) is 5.74. The molecule has 3 rings (SSSR count). The molecule has 2 aromatic carbocycles. The van der Waals surface area contributed by atoms with E-state index in [-0.39, 0.29) is 16.8 Å². The number of ether oxygens (including phenoxy) is 1. The number of carbonyl (C=O) groups excluding carboxylic acids is 1. The van der Waals surface area contributed by atoms with E-state index in [1.54, 1.807) is 28.6 Å². The van der Waals surface area contributed by atoms with E-state index < -0.39 is 10.0 Å². The first-order valence-corrected chi connectivity index (χ1v) is 12.6. The lowest BCUT2D eigenvalue weighted by Gasteiger charge is -2.39. The van der Waals surface area contributed by atoms with Crippen molar-refractivity contribution in [3.05, 3.63) is 54.1 Å². The van der Waals surface area contributed by atoms with Crippen LogP contribution in [0.25, 0.3) is 0 Å². The molecule has 0 spiro atoms. The van der Waals surface area contributed by atoms with Crippen LogP contribution in [0.5, 0.6) is 5.75 Å². The van der Waals surface area contributed by atoms with E-state index in [4.69, 9.17) is 10.5 Å².